The Labute approximate surface area is 221 Å². The highest BCUT2D eigenvalue weighted by Gasteiger charge is 2.45. The number of thiophene rings is 1. The number of ether oxygens (including phenoxy) is 1. The molecular weight excluding hydrogens is 516 g/mol. The lowest BCUT2D eigenvalue weighted by Gasteiger charge is -2.39. The lowest BCUT2D eigenvalue weighted by molar-refractivity contribution is -0.0611. The maximum atomic E-state index is 13.6. The minimum Gasteiger partial charge on any atom is -0.393 e. The van der Waals surface area contributed by atoms with Gasteiger partial charge in [0.05, 0.1) is 28.8 Å². The first-order valence-electron chi connectivity index (χ1n) is 12.9. The number of aliphatic hydroxyl groups excluding tert-OH is 1. The number of rotatable bonds is 9. The zero-order valence-corrected chi connectivity index (χ0v) is 22.3. The third-order valence-electron chi connectivity index (χ3n) is 8.03. The maximum absolute atomic E-state index is 13.6. The van der Waals surface area contributed by atoms with Gasteiger partial charge in [0.15, 0.2) is 0 Å². The van der Waals surface area contributed by atoms with Gasteiger partial charge in [-0.25, -0.2) is 15.1 Å². The van der Waals surface area contributed by atoms with Crippen LogP contribution in [0, 0.1) is 11.8 Å². The predicted molar refractivity (Wildman–Crippen MR) is 138 cm³/mol. The van der Waals surface area contributed by atoms with Crippen molar-refractivity contribution in [3.05, 3.63) is 40.0 Å². The van der Waals surface area contributed by atoms with Crippen molar-refractivity contribution < 1.29 is 27.2 Å². The third kappa shape index (κ3) is 5.89. The first kappa shape index (κ1) is 26.6. The van der Waals surface area contributed by atoms with Gasteiger partial charge < -0.3 is 15.2 Å². The standard InChI is InChI=1S/C25H34N4O6S2/c26-37(32,33)35-13-16-9-19(11-21(16)30)29-24-20(12-27-15-28-24)23(31)22-10-18(14-36-22)25(7-4-8-34-25)17-5-2-1-3-6-17/h10,12,14-17,19,21,30H,1-9,11,13H2,(H2,26,32,33)(H,27,28,29)/t16-,19-,21+,25?/m1/s1. The van der Waals surface area contributed by atoms with Crippen molar-refractivity contribution in [3.8, 4) is 0 Å². The zero-order chi connectivity index (χ0) is 26.0. The number of nitrogens with zero attached hydrogens (tertiary/aromatic N) is 2. The predicted octanol–water partition coefficient (Wildman–Crippen LogP) is 3.13. The lowest BCUT2D eigenvalue weighted by Crippen LogP contribution is -2.35. The number of aromatic nitrogens is 2. The molecule has 0 amide bonds. The number of anilines is 1. The fourth-order valence-corrected chi connectivity index (χ4v) is 7.51. The molecule has 1 saturated heterocycles. The number of carbonyl (C=O) groups is 1. The van der Waals surface area contributed by atoms with Gasteiger partial charge in [-0.15, -0.1) is 11.3 Å². The second-order valence-electron chi connectivity index (χ2n) is 10.4. The molecule has 0 bridgehead atoms. The average molecular weight is 551 g/mol. The number of hydrogen-bond donors (Lipinski definition) is 3. The number of nitrogens with one attached hydrogen (secondary N) is 1. The van der Waals surface area contributed by atoms with Gasteiger partial charge in [-0.3, -0.25) is 8.98 Å². The summed E-state index contributed by atoms with van der Waals surface area (Å²) in [5.74, 6) is 0.306. The molecule has 37 heavy (non-hydrogen) atoms. The molecule has 1 aliphatic heterocycles. The molecule has 3 fully saturated rings. The van der Waals surface area contributed by atoms with Gasteiger partial charge in [0.1, 0.15) is 12.1 Å². The summed E-state index contributed by atoms with van der Waals surface area (Å²) in [5, 5.41) is 20.6. The molecule has 1 unspecified atom stereocenters. The molecule has 2 saturated carbocycles. The van der Waals surface area contributed by atoms with E-state index in [1.54, 1.807) is 0 Å². The molecule has 2 aromatic heterocycles. The van der Waals surface area contributed by atoms with Crippen LogP contribution in [0.3, 0.4) is 0 Å². The molecule has 4 N–H and O–H groups in total. The van der Waals surface area contributed by atoms with E-state index in [1.807, 2.05) is 6.07 Å². The van der Waals surface area contributed by atoms with Gasteiger partial charge in [-0.1, -0.05) is 19.3 Å². The maximum Gasteiger partial charge on any atom is 0.333 e. The first-order valence-corrected chi connectivity index (χ1v) is 15.3. The van der Waals surface area contributed by atoms with Gasteiger partial charge in [0.2, 0.25) is 5.78 Å². The smallest absolute Gasteiger partial charge is 0.333 e. The topological polar surface area (TPSA) is 154 Å². The van der Waals surface area contributed by atoms with Crippen LogP contribution in [-0.4, -0.2) is 54.6 Å². The Bertz CT molecular complexity index is 1210. The van der Waals surface area contributed by atoms with Crippen LogP contribution in [-0.2, 0) is 24.8 Å². The van der Waals surface area contributed by atoms with Crippen molar-refractivity contribution in [2.45, 2.75) is 75.5 Å². The van der Waals surface area contributed by atoms with E-state index >= 15 is 0 Å². The Morgan fingerprint density at radius 1 is 1.27 bits per heavy atom. The van der Waals surface area contributed by atoms with Gasteiger partial charge in [-0.2, -0.15) is 8.42 Å². The largest absolute Gasteiger partial charge is 0.393 e. The Hall–Kier alpha value is -1.96. The molecule has 0 spiro atoms. The van der Waals surface area contributed by atoms with Crippen molar-refractivity contribution in [1.29, 1.82) is 0 Å². The van der Waals surface area contributed by atoms with E-state index < -0.39 is 22.3 Å². The summed E-state index contributed by atoms with van der Waals surface area (Å²) in [4.78, 5) is 22.6. The van der Waals surface area contributed by atoms with Crippen molar-refractivity contribution >= 4 is 33.2 Å². The highest BCUT2D eigenvalue weighted by atomic mass is 32.2. The first-order chi connectivity index (χ1) is 17.7. The Kier molecular flexibility index (Phi) is 7.94. The van der Waals surface area contributed by atoms with Crippen LogP contribution >= 0.6 is 11.3 Å². The molecule has 2 aliphatic carbocycles. The van der Waals surface area contributed by atoms with Crippen molar-refractivity contribution in [2.24, 2.45) is 17.0 Å². The van der Waals surface area contributed by atoms with E-state index in [1.165, 1.54) is 43.1 Å². The summed E-state index contributed by atoms with van der Waals surface area (Å²) < 4.78 is 33.3. The summed E-state index contributed by atoms with van der Waals surface area (Å²) in [5.41, 5.74) is 1.17. The molecular formula is C25H34N4O6S2. The molecule has 10 nitrogen and oxygen atoms in total. The number of aliphatic hydroxyl groups is 1. The zero-order valence-electron chi connectivity index (χ0n) is 20.7. The number of carbonyl (C=O) groups excluding carboxylic acids is 1. The van der Waals surface area contributed by atoms with Crippen LogP contribution in [0.15, 0.2) is 24.0 Å². The van der Waals surface area contributed by atoms with Gasteiger partial charge in [0.25, 0.3) is 0 Å². The summed E-state index contributed by atoms with van der Waals surface area (Å²) in [6.45, 7) is 0.559. The second kappa shape index (κ2) is 11.0. The van der Waals surface area contributed by atoms with E-state index in [0.29, 0.717) is 35.0 Å². The monoisotopic (exact) mass is 550 g/mol. The minimum absolute atomic E-state index is 0.163. The van der Waals surface area contributed by atoms with Gasteiger partial charge in [-0.05, 0) is 61.5 Å². The van der Waals surface area contributed by atoms with Crippen LogP contribution in [0.25, 0.3) is 0 Å². The van der Waals surface area contributed by atoms with Crippen LogP contribution in [0.1, 0.15) is 78.6 Å². The Balaban J connectivity index is 1.31. The fraction of sp³-hybridized carbons (Fsp3) is 0.640. The van der Waals surface area contributed by atoms with E-state index in [4.69, 9.17) is 9.88 Å². The fourth-order valence-electron chi connectivity index (χ4n) is 6.21. The van der Waals surface area contributed by atoms with E-state index in [9.17, 15) is 18.3 Å². The van der Waals surface area contributed by atoms with E-state index in [0.717, 1.165) is 37.9 Å². The molecule has 3 heterocycles. The molecule has 5 rings (SSSR count). The lowest BCUT2D eigenvalue weighted by atomic mass is 9.72. The average Bonchev–Trinajstić information content (AvgIpc) is 3.63. The summed E-state index contributed by atoms with van der Waals surface area (Å²) in [6, 6.07) is 1.77. The van der Waals surface area contributed by atoms with Gasteiger partial charge >= 0.3 is 10.3 Å². The third-order valence-corrected chi connectivity index (χ3v) is 9.42. The SMILES string of the molecule is NS(=O)(=O)OC[C@H]1C[C@@H](Nc2ncncc2C(=O)c2cc(C3(C4CCCCC4)CCCO3)cs2)C[C@@H]1O. The summed E-state index contributed by atoms with van der Waals surface area (Å²) >= 11 is 1.42. The van der Waals surface area contributed by atoms with Crippen LogP contribution < -0.4 is 10.5 Å². The summed E-state index contributed by atoms with van der Waals surface area (Å²) in [7, 11) is -4.08. The minimum atomic E-state index is -4.08. The van der Waals surface area contributed by atoms with Crippen LogP contribution in [0.4, 0.5) is 5.82 Å². The Morgan fingerprint density at radius 2 is 2.08 bits per heavy atom. The molecule has 4 atom stereocenters. The molecule has 12 heteroatoms. The molecule has 0 aromatic carbocycles. The van der Waals surface area contributed by atoms with E-state index in [2.05, 4.69) is 24.8 Å². The number of hydrogen-bond acceptors (Lipinski definition) is 10. The highest BCUT2D eigenvalue weighted by molar-refractivity contribution is 7.84. The number of nitrogens with two attached hydrogens (primary N) is 1. The van der Waals surface area contributed by atoms with Crippen LogP contribution in [0.2, 0.25) is 0 Å². The molecule has 202 valence electrons. The highest BCUT2D eigenvalue weighted by Crippen LogP contribution is 2.49. The van der Waals surface area contributed by atoms with Crippen molar-refractivity contribution in [3.63, 3.8) is 0 Å². The number of ketones is 1. The second-order valence-corrected chi connectivity index (χ2v) is 12.5. The van der Waals surface area contributed by atoms with Gasteiger partial charge in [0, 0.05) is 24.8 Å². The van der Waals surface area contributed by atoms with Crippen molar-refractivity contribution in [1.82, 2.24) is 9.97 Å². The van der Waals surface area contributed by atoms with Crippen molar-refractivity contribution in [2.75, 3.05) is 18.5 Å². The normalized spacial score (nSPS) is 29.0. The molecule has 2 aromatic rings. The molecule has 0 radical (unpaired) electrons. The summed E-state index contributed by atoms with van der Waals surface area (Å²) in [6.07, 6.45) is 11.0. The van der Waals surface area contributed by atoms with E-state index in [-0.39, 0.29) is 24.0 Å². The van der Waals surface area contributed by atoms with Crippen LogP contribution in [0.5, 0.6) is 0 Å². The Morgan fingerprint density at radius 3 is 2.81 bits per heavy atom. The molecule has 3 aliphatic rings. The quantitative estimate of drug-likeness (QED) is 0.400.